The predicted octanol–water partition coefficient (Wildman–Crippen LogP) is 3.66. The van der Waals surface area contributed by atoms with Gasteiger partial charge in [-0.15, -0.1) is 0 Å². The quantitative estimate of drug-likeness (QED) is 0.801. The van der Waals surface area contributed by atoms with Crippen molar-refractivity contribution in [1.29, 1.82) is 0 Å². The minimum Gasteiger partial charge on any atom is -0.397 e. The van der Waals surface area contributed by atoms with Gasteiger partial charge in [0.15, 0.2) is 0 Å². The van der Waals surface area contributed by atoms with Gasteiger partial charge in [0.05, 0.1) is 11.4 Å². The minimum absolute atomic E-state index is 0.428. The van der Waals surface area contributed by atoms with Crippen LogP contribution in [0, 0.1) is 6.92 Å². The van der Waals surface area contributed by atoms with Gasteiger partial charge in [0.25, 0.3) is 0 Å². The number of aryl methyl sites for hydroxylation is 1. The third-order valence-electron chi connectivity index (χ3n) is 3.76. The summed E-state index contributed by atoms with van der Waals surface area (Å²) in [5, 5.41) is 3.53. The van der Waals surface area contributed by atoms with E-state index in [4.69, 9.17) is 5.73 Å². The van der Waals surface area contributed by atoms with Crippen molar-refractivity contribution in [2.45, 2.75) is 37.4 Å². The van der Waals surface area contributed by atoms with Crippen LogP contribution in [-0.2, 0) is 0 Å². The molecule has 0 aromatic heterocycles. The Morgan fingerprint density at radius 1 is 1.35 bits per heavy atom. The van der Waals surface area contributed by atoms with E-state index in [2.05, 4.69) is 30.6 Å². The van der Waals surface area contributed by atoms with Crippen LogP contribution in [-0.4, -0.2) is 17.5 Å². The Bertz CT molecular complexity index is 384. The second-order valence-electron chi connectivity index (χ2n) is 5.04. The lowest BCUT2D eigenvalue weighted by molar-refractivity contribution is 0.640. The second kappa shape index (κ2) is 5.21. The zero-order valence-corrected chi connectivity index (χ0v) is 11.6. The van der Waals surface area contributed by atoms with Crippen molar-refractivity contribution >= 4 is 23.1 Å². The molecule has 3 N–H and O–H groups in total. The Balaban J connectivity index is 2.01. The molecule has 0 radical (unpaired) electrons. The first-order valence-corrected chi connectivity index (χ1v) is 7.53. The molecule has 1 saturated carbocycles. The minimum atomic E-state index is 0.428. The summed E-state index contributed by atoms with van der Waals surface area (Å²) >= 11 is 2.00. The van der Waals surface area contributed by atoms with E-state index in [1.54, 1.807) is 0 Å². The normalized spacial score (nSPS) is 18.2. The summed E-state index contributed by atoms with van der Waals surface area (Å²) in [4.78, 5) is 0. The van der Waals surface area contributed by atoms with Crippen LogP contribution in [0.4, 0.5) is 11.4 Å². The number of thioether (sulfide) groups is 1. The molecule has 1 aromatic rings. The molecule has 1 fully saturated rings. The summed E-state index contributed by atoms with van der Waals surface area (Å²) in [5.41, 5.74) is 9.18. The van der Waals surface area contributed by atoms with Crippen molar-refractivity contribution in [3.8, 4) is 0 Å². The molecule has 0 unspecified atom stereocenters. The standard InChI is InChI=1S/C14H22N2S/c1-11-5-6-13(12(15)9-11)16-10-14(17-2)7-3-4-8-14/h5-6,9,16H,3-4,7-8,10,15H2,1-2H3. The van der Waals surface area contributed by atoms with Gasteiger partial charge in [-0.05, 0) is 43.7 Å². The summed E-state index contributed by atoms with van der Waals surface area (Å²) in [6.07, 6.45) is 7.61. The Morgan fingerprint density at radius 3 is 2.65 bits per heavy atom. The monoisotopic (exact) mass is 250 g/mol. The largest absolute Gasteiger partial charge is 0.397 e. The number of rotatable bonds is 4. The SMILES string of the molecule is CSC1(CNc2ccc(C)cc2N)CCCC1. The van der Waals surface area contributed by atoms with Gasteiger partial charge in [-0.25, -0.2) is 0 Å². The number of hydrogen-bond acceptors (Lipinski definition) is 3. The molecule has 0 bridgehead atoms. The average molecular weight is 250 g/mol. The van der Waals surface area contributed by atoms with E-state index in [0.29, 0.717) is 4.75 Å². The van der Waals surface area contributed by atoms with Crippen molar-refractivity contribution in [3.05, 3.63) is 23.8 Å². The number of nitrogens with one attached hydrogen (secondary N) is 1. The number of hydrogen-bond donors (Lipinski definition) is 2. The highest BCUT2D eigenvalue weighted by Gasteiger charge is 2.32. The van der Waals surface area contributed by atoms with E-state index < -0.39 is 0 Å². The third kappa shape index (κ3) is 2.89. The van der Waals surface area contributed by atoms with Crippen LogP contribution < -0.4 is 11.1 Å². The van der Waals surface area contributed by atoms with Crippen LogP contribution >= 0.6 is 11.8 Å². The van der Waals surface area contributed by atoms with Crippen molar-refractivity contribution in [2.75, 3.05) is 23.9 Å². The molecule has 1 aliphatic rings. The fraction of sp³-hybridized carbons (Fsp3) is 0.571. The Labute approximate surface area is 108 Å². The number of anilines is 2. The van der Waals surface area contributed by atoms with Crippen LogP contribution in [0.3, 0.4) is 0 Å². The first-order valence-electron chi connectivity index (χ1n) is 6.30. The molecule has 2 rings (SSSR count). The summed E-state index contributed by atoms with van der Waals surface area (Å²) in [6, 6.07) is 6.23. The molecule has 0 amide bonds. The fourth-order valence-electron chi connectivity index (χ4n) is 2.57. The maximum absolute atomic E-state index is 6.02. The lowest BCUT2D eigenvalue weighted by Crippen LogP contribution is -2.30. The summed E-state index contributed by atoms with van der Waals surface area (Å²) in [7, 11) is 0. The van der Waals surface area contributed by atoms with Gasteiger partial charge in [-0.3, -0.25) is 0 Å². The highest BCUT2D eigenvalue weighted by Crippen LogP contribution is 2.40. The zero-order valence-electron chi connectivity index (χ0n) is 10.8. The summed E-state index contributed by atoms with van der Waals surface area (Å²) in [5.74, 6) is 0. The van der Waals surface area contributed by atoms with Gasteiger partial charge >= 0.3 is 0 Å². The van der Waals surface area contributed by atoms with Crippen molar-refractivity contribution in [1.82, 2.24) is 0 Å². The Hall–Kier alpha value is -0.830. The van der Waals surface area contributed by atoms with E-state index in [1.165, 1.54) is 31.2 Å². The lowest BCUT2D eigenvalue weighted by atomic mass is 10.1. The fourth-order valence-corrected chi connectivity index (χ4v) is 3.49. The van der Waals surface area contributed by atoms with Crippen LogP contribution in [0.2, 0.25) is 0 Å². The van der Waals surface area contributed by atoms with E-state index >= 15 is 0 Å². The lowest BCUT2D eigenvalue weighted by Gasteiger charge is -2.27. The molecular formula is C14H22N2S. The molecule has 17 heavy (non-hydrogen) atoms. The topological polar surface area (TPSA) is 38.0 Å². The molecule has 0 aliphatic heterocycles. The summed E-state index contributed by atoms with van der Waals surface area (Å²) in [6.45, 7) is 3.10. The molecule has 94 valence electrons. The van der Waals surface area contributed by atoms with Gasteiger partial charge < -0.3 is 11.1 Å². The van der Waals surface area contributed by atoms with Crippen LogP contribution in [0.25, 0.3) is 0 Å². The van der Waals surface area contributed by atoms with E-state index in [-0.39, 0.29) is 0 Å². The highest BCUT2D eigenvalue weighted by molar-refractivity contribution is 8.00. The van der Waals surface area contributed by atoms with Gasteiger partial charge in [0.2, 0.25) is 0 Å². The molecule has 0 saturated heterocycles. The predicted molar refractivity (Wildman–Crippen MR) is 78.8 cm³/mol. The smallest absolute Gasteiger partial charge is 0.0574 e. The zero-order chi connectivity index (χ0) is 12.3. The molecule has 1 aromatic carbocycles. The van der Waals surface area contributed by atoms with Crippen LogP contribution in [0.1, 0.15) is 31.2 Å². The number of benzene rings is 1. The first-order chi connectivity index (χ1) is 8.15. The molecule has 2 nitrogen and oxygen atoms in total. The van der Waals surface area contributed by atoms with E-state index in [0.717, 1.165) is 17.9 Å². The molecule has 0 heterocycles. The van der Waals surface area contributed by atoms with Gasteiger partial charge in [0, 0.05) is 11.3 Å². The van der Waals surface area contributed by atoms with Gasteiger partial charge in [-0.2, -0.15) is 11.8 Å². The van der Waals surface area contributed by atoms with E-state index in [9.17, 15) is 0 Å². The van der Waals surface area contributed by atoms with Crippen LogP contribution in [0.5, 0.6) is 0 Å². The third-order valence-corrected chi connectivity index (χ3v) is 5.17. The molecule has 0 atom stereocenters. The highest BCUT2D eigenvalue weighted by atomic mass is 32.2. The van der Waals surface area contributed by atoms with Gasteiger partial charge in [-0.1, -0.05) is 18.9 Å². The van der Waals surface area contributed by atoms with Crippen LogP contribution in [0.15, 0.2) is 18.2 Å². The second-order valence-corrected chi connectivity index (χ2v) is 6.31. The van der Waals surface area contributed by atoms with E-state index in [1.807, 2.05) is 17.8 Å². The van der Waals surface area contributed by atoms with Gasteiger partial charge in [0.1, 0.15) is 0 Å². The Kier molecular flexibility index (Phi) is 3.87. The van der Waals surface area contributed by atoms with Crippen molar-refractivity contribution in [2.24, 2.45) is 0 Å². The number of nitrogens with two attached hydrogens (primary N) is 1. The maximum atomic E-state index is 6.02. The molecule has 1 aliphatic carbocycles. The Morgan fingerprint density at radius 2 is 2.06 bits per heavy atom. The first kappa shape index (κ1) is 12.6. The maximum Gasteiger partial charge on any atom is 0.0574 e. The molecular weight excluding hydrogens is 228 g/mol. The number of nitrogen functional groups attached to an aromatic ring is 1. The molecule has 3 heteroatoms. The average Bonchev–Trinajstić information content (AvgIpc) is 2.77. The molecule has 0 spiro atoms. The van der Waals surface area contributed by atoms with Crippen molar-refractivity contribution < 1.29 is 0 Å². The summed E-state index contributed by atoms with van der Waals surface area (Å²) < 4.78 is 0.428. The van der Waals surface area contributed by atoms with Crippen molar-refractivity contribution in [3.63, 3.8) is 0 Å².